The van der Waals surface area contributed by atoms with Crippen molar-refractivity contribution in [2.45, 2.75) is 25.8 Å². The molecule has 15 heavy (non-hydrogen) atoms. The first-order valence-electron chi connectivity index (χ1n) is 5.05. The molecule has 0 saturated carbocycles. The summed E-state index contributed by atoms with van der Waals surface area (Å²) in [5.74, 6) is 0.781. The van der Waals surface area contributed by atoms with Gasteiger partial charge in [0.15, 0.2) is 0 Å². The van der Waals surface area contributed by atoms with Gasteiger partial charge in [-0.05, 0) is 6.42 Å². The van der Waals surface area contributed by atoms with Crippen LogP contribution in [0.2, 0.25) is 0 Å². The van der Waals surface area contributed by atoms with Crippen LogP contribution in [0.1, 0.15) is 31.6 Å². The molecule has 0 aliphatic carbocycles. The van der Waals surface area contributed by atoms with Gasteiger partial charge in [0.05, 0.1) is 12.6 Å². The Bertz CT molecular complexity index is 285. The van der Waals surface area contributed by atoms with Crippen molar-refractivity contribution in [3.05, 3.63) is 18.2 Å². The number of ether oxygens (including phenoxy) is 1. The molecule has 1 aromatic rings. The van der Waals surface area contributed by atoms with Gasteiger partial charge in [0, 0.05) is 25.9 Å². The zero-order chi connectivity index (χ0) is 11.1. The molecule has 0 aliphatic heterocycles. The molecule has 5 heteroatoms. The van der Waals surface area contributed by atoms with E-state index in [1.165, 1.54) is 0 Å². The first-order valence-corrected chi connectivity index (χ1v) is 5.05. The Hall–Kier alpha value is -1.36. The number of imidazole rings is 1. The minimum Gasteiger partial charge on any atom is -0.384 e. The van der Waals surface area contributed by atoms with E-state index in [1.807, 2.05) is 6.92 Å². The van der Waals surface area contributed by atoms with Gasteiger partial charge >= 0.3 is 0 Å². The monoisotopic (exact) mass is 211 g/mol. The Labute approximate surface area is 89.2 Å². The van der Waals surface area contributed by atoms with Crippen molar-refractivity contribution in [2.24, 2.45) is 0 Å². The van der Waals surface area contributed by atoms with E-state index in [0.717, 1.165) is 12.2 Å². The lowest BCUT2D eigenvalue weighted by atomic mass is 10.2. The third kappa shape index (κ3) is 3.71. The van der Waals surface area contributed by atoms with Crippen LogP contribution >= 0.6 is 0 Å². The van der Waals surface area contributed by atoms with Crippen LogP contribution in [0.3, 0.4) is 0 Å². The number of nitrogens with one attached hydrogen (secondary N) is 2. The van der Waals surface area contributed by atoms with Gasteiger partial charge in [-0.25, -0.2) is 4.98 Å². The summed E-state index contributed by atoms with van der Waals surface area (Å²) in [6.07, 6.45) is 4.62. The van der Waals surface area contributed by atoms with E-state index in [4.69, 9.17) is 4.74 Å². The van der Waals surface area contributed by atoms with Crippen molar-refractivity contribution < 1.29 is 9.53 Å². The zero-order valence-corrected chi connectivity index (χ0v) is 9.12. The first-order chi connectivity index (χ1) is 7.27. The number of methoxy groups -OCH3 is 1. The second kappa shape index (κ2) is 6.19. The second-order valence-electron chi connectivity index (χ2n) is 3.25. The number of hydrogen-bond acceptors (Lipinski definition) is 3. The minimum absolute atomic E-state index is 0.0138. The number of nitrogens with zero attached hydrogens (tertiary/aromatic N) is 1. The third-order valence-corrected chi connectivity index (χ3v) is 2.13. The molecule has 1 rings (SSSR count). The highest BCUT2D eigenvalue weighted by Gasteiger charge is 2.13. The number of carbonyl (C=O) groups excluding carboxylic acids is 1. The summed E-state index contributed by atoms with van der Waals surface area (Å²) in [5, 5.41) is 2.89. The Balaban J connectivity index is 2.44. The largest absolute Gasteiger partial charge is 0.384 e. The molecule has 0 spiro atoms. The minimum atomic E-state index is -0.0376. The van der Waals surface area contributed by atoms with Gasteiger partial charge in [-0.15, -0.1) is 0 Å². The highest BCUT2D eigenvalue weighted by atomic mass is 16.5. The molecule has 0 aromatic carbocycles. The number of aromatic amines is 1. The summed E-state index contributed by atoms with van der Waals surface area (Å²) in [6.45, 7) is 2.45. The number of H-pyrrole nitrogens is 1. The molecule has 0 bridgehead atoms. The number of carbonyl (C=O) groups is 1. The maximum absolute atomic E-state index is 11.4. The molecular weight excluding hydrogens is 194 g/mol. The molecule has 1 unspecified atom stereocenters. The number of aromatic nitrogens is 2. The van der Waals surface area contributed by atoms with Crippen LogP contribution in [0.4, 0.5) is 0 Å². The average molecular weight is 211 g/mol. The molecule has 0 saturated heterocycles. The van der Waals surface area contributed by atoms with Gasteiger partial charge < -0.3 is 15.0 Å². The normalized spacial score (nSPS) is 12.4. The first kappa shape index (κ1) is 11.7. The van der Waals surface area contributed by atoms with Crippen LogP contribution in [0.5, 0.6) is 0 Å². The average Bonchev–Trinajstić information content (AvgIpc) is 2.76. The molecule has 0 radical (unpaired) electrons. The van der Waals surface area contributed by atoms with Gasteiger partial charge in [-0.3, -0.25) is 4.79 Å². The number of amides is 1. The molecule has 84 valence electrons. The van der Waals surface area contributed by atoms with Crippen LogP contribution in [-0.2, 0) is 9.53 Å². The summed E-state index contributed by atoms with van der Waals surface area (Å²) in [4.78, 5) is 18.5. The fourth-order valence-electron chi connectivity index (χ4n) is 1.29. The summed E-state index contributed by atoms with van der Waals surface area (Å²) < 4.78 is 4.83. The Morgan fingerprint density at radius 3 is 3.07 bits per heavy atom. The predicted octanol–water partition coefficient (Wildman–Crippen LogP) is 1.01. The molecule has 1 atom stereocenters. The quantitative estimate of drug-likeness (QED) is 0.738. The number of rotatable bonds is 6. The highest BCUT2D eigenvalue weighted by molar-refractivity contribution is 5.76. The van der Waals surface area contributed by atoms with Crippen LogP contribution in [0.25, 0.3) is 0 Å². The predicted molar refractivity (Wildman–Crippen MR) is 56.3 cm³/mol. The third-order valence-electron chi connectivity index (χ3n) is 2.13. The van der Waals surface area contributed by atoms with E-state index in [-0.39, 0.29) is 11.9 Å². The van der Waals surface area contributed by atoms with E-state index in [2.05, 4.69) is 15.3 Å². The van der Waals surface area contributed by atoms with Crippen molar-refractivity contribution in [1.29, 1.82) is 0 Å². The van der Waals surface area contributed by atoms with E-state index < -0.39 is 0 Å². The molecule has 0 aliphatic rings. The Morgan fingerprint density at radius 2 is 2.53 bits per heavy atom. The van der Waals surface area contributed by atoms with E-state index in [9.17, 15) is 4.79 Å². The molecule has 1 heterocycles. The van der Waals surface area contributed by atoms with Gasteiger partial charge in [0.2, 0.25) is 5.91 Å². The van der Waals surface area contributed by atoms with E-state index >= 15 is 0 Å². The lowest BCUT2D eigenvalue weighted by Crippen LogP contribution is -2.29. The maximum atomic E-state index is 11.4. The maximum Gasteiger partial charge on any atom is 0.222 e. The smallest absolute Gasteiger partial charge is 0.222 e. The zero-order valence-electron chi connectivity index (χ0n) is 9.12. The van der Waals surface area contributed by atoms with Gasteiger partial charge in [-0.2, -0.15) is 0 Å². The van der Waals surface area contributed by atoms with E-state index in [0.29, 0.717) is 13.0 Å². The Morgan fingerprint density at radius 1 is 1.73 bits per heavy atom. The summed E-state index contributed by atoms with van der Waals surface area (Å²) in [6, 6.07) is -0.0376. The molecule has 0 fully saturated rings. The van der Waals surface area contributed by atoms with Crippen molar-refractivity contribution >= 4 is 5.91 Å². The molecular formula is C10H17N3O2. The molecule has 5 nitrogen and oxygen atoms in total. The SMILES string of the molecule is CCC(NC(=O)CCOC)c1ncc[nH]1. The van der Waals surface area contributed by atoms with Crippen molar-refractivity contribution in [2.75, 3.05) is 13.7 Å². The van der Waals surface area contributed by atoms with E-state index in [1.54, 1.807) is 19.5 Å². The van der Waals surface area contributed by atoms with Crippen LogP contribution in [-0.4, -0.2) is 29.6 Å². The van der Waals surface area contributed by atoms with Crippen molar-refractivity contribution in [1.82, 2.24) is 15.3 Å². The van der Waals surface area contributed by atoms with Crippen molar-refractivity contribution in [3.63, 3.8) is 0 Å². The molecule has 1 amide bonds. The summed E-state index contributed by atoms with van der Waals surface area (Å²) >= 11 is 0. The second-order valence-corrected chi connectivity index (χ2v) is 3.25. The van der Waals surface area contributed by atoms with Gasteiger partial charge in [0.1, 0.15) is 5.82 Å². The standard InChI is InChI=1S/C10H17N3O2/c1-3-8(10-11-5-6-12-10)13-9(14)4-7-15-2/h5-6,8H,3-4,7H2,1-2H3,(H,11,12)(H,13,14). The number of hydrogen-bond donors (Lipinski definition) is 2. The summed E-state index contributed by atoms with van der Waals surface area (Å²) in [5.41, 5.74) is 0. The summed E-state index contributed by atoms with van der Waals surface area (Å²) in [7, 11) is 1.58. The van der Waals surface area contributed by atoms with Crippen LogP contribution < -0.4 is 5.32 Å². The van der Waals surface area contributed by atoms with Crippen LogP contribution in [0.15, 0.2) is 12.4 Å². The fourth-order valence-corrected chi connectivity index (χ4v) is 1.29. The highest BCUT2D eigenvalue weighted by Crippen LogP contribution is 2.10. The lowest BCUT2D eigenvalue weighted by Gasteiger charge is -2.14. The van der Waals surface area contributed by atoms with Crippen LogP contribution in [0, 0.1) is 0 Å². The van der Waals surface area contributed by atoms with Gasteiger partial charge in [-0.1, -0.05) is 6.92 Å². The molecule has 1 aromatic heterocycles. The Kier molecular flexibility index (Phi) is 4.83. The topological polar surface area (TPSA) is 67.0 Å². The lowest BCUT2D eigenvalue weighted by molar-refractivity contribution is -0.122. The van der Waals surface area contributed by atoms with Gasteiger partial charge in [0.25, 0.3) is 0 Å². The molecule has 2 N–H and O–H groups in total. The fraction of sp³-hybridized carbons (Fsp3) is 0.600. The van der Waals surface area contributed by atoms with Crippen molar-refractivity contribution in [3.8, 4) is 0 Å².